The van der Waals surface area contributed by atoms with E-state index in [1.165, 1.54) is 12.1 Å². The Bertz CT molecular complexity index is 685. The Balaban J connectivity index is 2.47. The van der Waals surface area contributed by atoms with Gasteiger partial charge in [0.25, 0.3) is 5.69 Å². The van der Waals surface area contributed by atoms with Crippen LogP contribution >= 0.6 is 11.8 Å². The molecule has 0 aromatic heterocycles. The third-order valence-electron chi connectivity index (χ3n) is 2.65. The lowest BCUT2D eigenvalue weighted by molar-refractivity contribution is -0.387. The Morgan fingerprint density at radius 3 is 2.55 bits per heavy atom. The fraction of sp³-hybridized carbons (Fsp3) is 0.0714. The normalized spacial score (nSPS) is 10.2. The van der Waals surface area contributed by atoms with Gasteiger partial charge in [0.15, 0.2) is 0 Å². The van der Waals surface area contributed by atoms with Crippen molar-refractivity contribution in [2.45, 2.75) is 16.7 Å². The summed E-state index contributed by atoms with van der Waals surface area (Å²) in [6, 6.07) is 11.2. The summed E-state index contributed by atoms with van der Waals surface area (Å²) in [4.78, 5) is 22.6. The summed E-state index contributed by atoms with van der Waals surface area (Å²) in [5.41, 5.74) is 0.986. The summed E-state index contributed by atoms with van der Waals surface area (Å²) in [5, 5.41) is 20.1. The molecule has 0 aliphatic rings. The van der Waals surface area contributed by atoms with E-state index >= 15 is 0 Å². The summed E-state index contributed by atoms with van der Waals surface area (Å²) >= 11 is 1.09. The highest BCUT2D eigenvalue weighted by Gasteiger charge is 2.17. The number of benzene rings is 2. The third kappa shape index (κ3) is 2.97. The first-order chi connectivity index (χ1) is 9.49. The smallest absolute Gasteiger partial charge is 0.336 e. The lowest BCUT2D eigenvalue weighted by Crippen LogP contribution is -1.98. The predicted molar refractivity (Wildman–Crippen MR) is 75.4 cm³/mol. The molecule has 5 nitrogen and oxygen atoms in total. The second-order valence-corrected chi connectivity index (χ2v) is 5.22. The molecule has 0 fully saturated rings. The molecule has 0 radical (unpaired) electrons. The van der Waals surface area contributed by atoms with E-state index in [1.54, 1.807) is 30.3 Å². The summed E-state index contributed by atoms with van der Waals surface area (Å²) in [6.45, 7) is 1.83. The van der Waals surface area contributed by atoms with E-state index < -0.39 is 10.9 Å². The third-order valence-corrected chi connectivity index (χ3v) is 3.77. The van der Waals surface area contributed by atoms with Crippen LogP contribution in [-0.4, -0.2) is 16.0 Å². The van der Waals surface area contributed by atoms with Gasteiger partial charge >= 0.3 is 5.97 Å². The number of hydrogen-bond acceptors (Lipinski definition) is 4. The number of nitro benzene ring substituents is 1. The number of aromatic carboxylic acids is 1. The zero-order chi connectivity index (χ0) is 14.7. The van der Waals surface area contributed by atoms with Crippen LogP contribution < -0.4 is 0 Å². The number of rotatable bonds is 4. The number of aryl methyl sites for hydroxylation is 1. The fourth-order valence-electron chi connectivity index (χ4n) is 1.70. The monoisotopic (exact) mass is 289 g/mol. The minimum atomic E-state index is -1.05. The van der Waals surface area contributed by atoms with Crippen LogP contribution in [0.25, 0.3) is 0 Å². The van der Waals surface area contributed by atoms with E-state index in [4.69, 9.17) is 5.11 Å². The van der Waals surface area contributed by atoms with E-state index in [0.717, 1.165) is 17.3 Å². The van der Waals surface area contributed by atoms with E-state index in [-0.39, 0.29) is 11.3 Å². The summed E-state index contributed by atoms with van der Waals surface area (Å²) in [7, 11) is 0. The van der Waals surface area contributed by atoms with Gasteiger partial charge in [0.2, 0.25) is 0 Å². The first-order valence-corrected chi connectivity index (χ1v) is 6.56. The van der Waals surface area contributed by atoms with Crippen molar-refractivity contribution in [1.29, 1.82) is 0 Å². The standard InChI is InChI=1S/C14H11NO4S/c1-9-6-7-11(15(18)19)13(8-9)20-12-5-3-2-4-10(12)14(16)17/h2-8H,1H3,(H,16,17). The van der Waals surface area contributed by atoms with Gasteiger partial charge in [-0.25, -0.2) is 4.79 Å². The summed E-state index contributed by atoms with van der Waals surface area (Å²) in [6.07, 6.45) is 0. The van der Waals surface area contributed by atoms with Crippen LogP contribution in [0, 0.1) is 17.0 Å². The zero-order valence-electron chi connectivity index (χ0n) is 10.6. The van der Waals surface area contributed by atoms with Gasteiger partial charge in [-0.15, -0.1) is 0 Å². The van der Waals surface area contributed by atoms with Gasteiger partial charge in [-0.1, -0.05) is 30.0 Å². The van der Waals surface area contributed by atoms with Crippen molar-refractivity contribution in [2.75, 3.05) is 0 Å². The van der Waals surface area contributed by atoms with E-state index in [2.05, 4.69) is 0 Å². The van der Waals surface area contributed by atoms with Gasteiger partial charge in [0.1, 0.15) is 0 Å². The second kappa shape index (κ2) is 5.75. The van der Waals surface area contributed by atoms with E-state index in [1.807, 2.05) is 6.92 Å². The molecule has 0 heterocycles. The molecule has 2 aromatic rings. The molecule has 2 aromatic carbocycles. The lowest BCUT2D eigenvalue weighted by Gasteiger charge is -2.07. The molecule has 0 saturated carbocycles. The van der Waals surface area contributed by atoms with Crippen LogP contribution in [-0.2, 0) is 0 Å². The molecule has 6 heteroatoms. The number of carbonyl (C=O) groups is 1. The highest BCUT2D eigenvalue weighted by molar-refractivity contribution is 7.99. The van der Waals surface area contributed by atoms with Crippen LogP contribution in [0.2, 0.25) is 0 Å². The largest absolute Gasteiger partial charge is 0.478 e. The number of carboxylic acid groups (broad SMARTS) is 1. The average molecular weight is 289 g/mol. The summed E-state index contributed by atoms with van der Waals surface area (Å²) in [5.74, 6) is -1.05. The highest BCUT2D eigenvalue weighted by Crippen LogP contribution is 2.36. The van der Waals surface area contributed by atoms with Crippen LogP contribution in [0.3, 0.4) is 0 Å². The molecule has 0 saturated heterocycles. The molecular weight excluding hydrogens is 278 g/mol. The van der Waals surface area contributed by atoms with Gasteiger partial charge in [0.05, 0.1) is 15.4 Å². The second-order valence-electron chi connectivity index (χ2n) is 4.13. The van der Waals surface area contributed by atoms with Crippen molar-refractivity contribution in [3.05, 3.63) is 63.7 Å². The molecule has 102 valence electrons. The summed E-state index contributed by atoms with van der Waals surface area (Å²) < 4.78 is 0. The number of nitro groups is 1. The Morgan fingerprint density at radius 2 is 1.90 bits per heavy atom. The van der Waals surface area contributed by atoms with E-state index in [9.17, 15) is 14.9 Å². The van der Waals surface area contributed by atoms with Crippen molar-refractivity contribution < 1.29 is 14.8 Å². The van der Waals surface area contributed by atoms with Crippen LogP contribution in [0.4, 0.5) is 5.69 Å². The van der Waals surface area contributed by atoms with Gasteiger partial charge in [-0.3, -0.25) is 10.1 Å². The lowest BCUT2D eigenvalue weighted by atomic mass is 10.2. The van der Waals surface area contributed by atoms with Crippen LogP contribution in [0.1, 0.15) is 15.9 Å². The molecule has 0 spiro atoms. The maximum atomic E-state index is 11.2. The van der Waals surface area contributed by atoms with Gasteiger partial charge < -0.3 is 5.11 Å². The van der Waals surface area contributed by atoms with Crippen molar-refractivity contribution in [3.63, 3.8) is 0 Å². The predicted octanol–water partition coefficient (Wildman–Crippen LogP) is 3.75. The van der Waals surface area contributed by atoms with E-state index in [0.29, 0.717) is 9.79 Å². The van der Waals surface area contributed by atoms with Crippen molar-refractivity contribution in [1.82, 2.24) is 0 Å². The van der Waals surface area contributed by atoms with Crippen LogP contribution in [0.15, 0.2) is 52.3 Å². The average Bonchev–Trinajstić information content (AvgIpc) is 2.38. The molecule has 0 aliphatic heterocycles. The Morgan fingerprint density at radius 1 is 1.20 bits per heavy atom. The molecule has 1 N–H and O–H groups in total. The first-order valence-electron chi connectivity index (χ1n) is 5.74. The Labute approximate surface area is 119 Å². The minimum absolute atomic E-state index is 0.0270. The molecule has 0 bridgehead atoms. The van der Waals surface area contributed by atoms with Crippen molar-refractivity contribution >= 4 is 23.4 Å². The highest BCUT2D eigenvalue weighted by atomic mass is 32.2. The maximum absolute atomic E-state index is 11.2. The van der Waals surface area contributed by atoms with Crippen molar-refractivity contribution in [3.8, 4) is 0 Å². The van der Waals surface area contributed by atoms with Crippen molar-refractivity contribution in [2.24, 2.45) is 0 Å². The molecule has 0 amide bonds. The van der Waals surface area contributed by atoms with Crippen LogP contribution in [0.5, 0.6) is 0 Å². The SMILES string of the molecule is Cc1ccc([N+](=O)[O-])c(Sc2ccccc2C(=O)O)c1. The number of hydrogen-bond donors (Lipinski definition) is 1. The molecule has 0 unspecified atom stereocenters. The van der Waals surface area contributed by atoms with Gasteiger partial charge in [0, 0.05) is 11.0 Å². The van der Waals surface area contributed by atoms with Gasteiger partial charge in [-0.2, -0.15) is 0 Å². The molecule has 2 rings (SSSR count). The minimum Gasteiger partial charge on any atom is -0.478 e. The molecule has 0 aliphatic carbocycles. The Kier molecular flexibility index (Phi) is 4.05. The van der Waals surface area contributed by atoms with Gasteiger partial charge in [-0.05, 0) is 30.7 Å². The maximum Gasteiger partial charge on any atom is 0.336 e. The topological polar surface area (TPSA) is 80.4 Å². The molecule has 0 atom stereocenters. The number of carboxylic acids is 1. The zero-order valence-corrected chi connectivity index (χ0v) is 11.4. The first kappa shape index (κ1) is 14.1. The molecule has 20 heavy (non-hydrogen) atoms. The quantitative estimate of drug-likeness (QED) is 0.684. The fourth-order valence-corrected chi connectivity index (χ4v) is 2.85. The Hall–Kier alpha value is -2.34. The number of nitrogens with zero attached hydrogens (tertiary/aromatic N) is 1. The molecular formula is C14H11NO4S.